The van der Waals surface area contributed by atoms with Gasteiger partial charge in [-0.2, -0.15) is 5.10 Å². The average molecular weight is 378 g/mol. The number of anilines is 1. The van der Waals surface area contributed by atoms with Crippen molar-refractivity contribution < 1.29 is 9.59 Å². The molecule has 5 nitrogen and oxygen atoms in total. The number of amides is 2. The first kappa shape index (κ1) is 19.0. The zero-order valence-electron chi connectivity index (χ0n) is 13.8. The second-order valence-corrected chi connectivity index (χ2v) is 6.26. The number of hydrazone groups is 1. The summed E-state index contributed by atoms with van der Waals surface area (Å²) in [5, 5.41) is 7.22. The Labute approximate surface area is 156 Å². The summed E-state index contributed by atoms with van der Waals surface area (Å²) in [4.78, 5) is 23.7. The molecule has 0 unspecified atom stereocenters. The number of halogens is 2. The van der Waals surface area contributed by atoms with Crippen LogP contribution in [-0.2, 0) is 9.59 Å². The topological polar surface area (TPSA) is 70.6 Å². The van der Waals surface area contributed by atoms with Crippen LogP contribution in [0.3, 0.4) is 0 Å². The van der Waals surface area contributed by atoms with Crippen LogP contribution in [0.15, 0.2) is 41.5 Å². The van der Waals surface area contributed by atoms with Gasteiger partial charge >= 0.3 is 0 Å². The lowest BCUT2D eigenvalue weighted by Crippen LogP contribution is -2.24. The first-order valence-corrected chi connectivity index (χ1v) is 8.25. The summed E-state index contributed by atoms with van der Waals surface area (Å²) in [6.07, 6.45) is 1.03. The Balaban J connectivity index is 1.88. The fourth-order valence-electron chi connectivity index (χ4n) is 2.13. The molecule has 0 saturated carbocycles. The molecule has 0 aliphatic heterocycles. The molecule has 0 spiro atoms. The zero-order valence-corrected chi connectivity index (χ0v) is 15.3. The fourth-order valence-corrected chi connectivity index (χ4v) is 2.48. The van der Waals surface area contributed by atoms with E-state index in [9.17, 15) is 9.59 Å². The first-order chi connectivity index (χ1) is 11.9. The molecule has 0 saturated heterocycles. The van der Waals surface area contributed by atoms with E-state index < -0.39 is 11.8 Å². The molecule has 25 heavy (non-hydrogen) atoms. The normalized spacial score (nSPS) is 10.7. The molecule has 2 amide bonds. The maximum Gasteiger partial charge on any atom is 0.249 e. The lowest BCUT2D eigenvalue weighted by molar-refractivity contribution is -0.126. The monoisotopic (exact) mass is 377 g/mol. The van der Waals surface area contributed by atoms with Gasteiger partial charge in [0.05, 0.1) is 16.3 Å². The van der Waals surface area contributed by atoms with Gasteiger partial charge in [0, 0.05) is 11.3 Å². The van der Waals surface area contributed by atoms with Crippen molar-refractivity contribution in [3.8, 4) is 0 Å². The van der Waals surface area contributed by atoms with E-state index in [0.29, 0.717) is 21.3 Å². The maximum atomic E-state index is 11.9. The van der Waals surface area contributed by atoms with Crippen LogP contribution < -0.4 is 10.7 Å². The average Bonchev–Trinajstić information content (AvgIpc) is 2.54. The number of hydrogen-bond acceptors (Lipinski definition) is 3. The smallest absolute Gasteiger partial charge is 0.249 e. The number of hydrogen-bond donors (Lipinski definition) is 2. The van der Waals surface area contributed by atoms with Gasteiger partial charge in [0.15, 0.2) is 0 Å². The number of carbonyl (C=O) groups excluding carboxylic acids is 2. The maximum absolute atomic E-state index is 11.9. The van der Waals surface area contributed by atoms with Crippen LogP contribution in [0.1, 0.15) is 23.1 Å². The van der Waals surface area contributed by atoms with Crippen molar-refractivity contribution in [3.05, 3.63) is 63.1 Å². The highest BCUT2D eigenvalue weighted by Gasteiger charge is 2.10. The van der Waals surface area contributed by atoms with E-state index in [4.69, 9.17) is 23.2 Å². The van der Waals surface area contributed by atoms with Crippen LogP contribution in [0.4, 0.5) is 5.69 Å². The van der Waals surface area contributed by atoms with Crippen molar-refractivity contribution in [2.24, 2.45) is 5.10 Å². The van der Waals surface area contributed by atoms with Gasteiger partial charge in [-0.1, -0.05) is 53.0 Å². The number of nitrogens with zero attached hydrogens (tertiary/aromatic N) is 1. The van der Waals surface area contributed by atoms with Gasteiger partial charge in [0.2, 0.25) is 11.8 Å². The van der Waals surface area contributed by atoms with E-state index in [0.717, 1.165) is 11.1 Å². The molecular formula is C18H17Cl2N3O2. The predicted octanol–water partition coefficient (Wildman–Crippen LogP) is 4.09. The summed E-state index contributed by atoms with van der Waals surface area (Å²) in [7, 11) is 0. The zero-order chi connectivity index (χ0) is 18.4. The molecule has 0 bridgehead atoms. The third-order valence-electron chi connectivity index (χ3n) is 3.35. The number of rotatable bonds is 5. The van der Waals surface area contributed by atoms with Gasteiger partial charge in [0.1, 0.15) is 6.42 Å². The Bertz CT molecular complexity index is 835. The van der Waals surface area contributed by atoms with Crippen LogP contribution in [0.25, 0.3) is 0 Å². The minimum Gasteiger partial charge on any atom is -0.325 e. The number of nitrogens with one attached hydrogen (secondary N) is 2. The standard InChI is InChI=1S/C18H17Cl2N3O2/c1-11-6-7-15(12(2)8-11)22-16(24)9-17(25)23-21-10-13-4-3-5-14(19)18(13)20/h3-8,10H,9H2,1-2H3,(H,22,24)(H,23,25). The Morgan fingerprint density at radius 3 is 2.60 bits per heavy atom. The van der Waals surface area contributed by atoms with E-state index >= 15 is 0 Å². The fraction of sp³-hybridized carbons (Fsp3) is 0.167. The highest BCUT2D eigenvalue weighted by molar-refractivity contribution is 6.43. The largest absolute Gasteiger partial charge is 0.325 e. The SMILES string of the molecule is Cc1ccc(NC(=O)CC(=O)NN=Cc2cccc(Cl)c2Cl)c(C)c1. The lowest BCUT2D eigenvalue weighted by Gasteiger charge is -2.08. The molecule has 2 rings (SSSR count). The summed E-state index contributed by atoms with van der Waals surface area (Å²) in [6, 6.07) is 10.7. The Kier molecular flexibility index (Phi) is 6.56. The second-order valence-electron chi connectivity index (χ2n) is 5.48. The summed E-state index contributed by atoms with van der Waals surface area (Å²) < 4.78 is 0. The van der Waals surface area contributed by atoms with Gasteiger partial charge in [0.25, 0.3) is 0 Å². The molecule has 0 radical (unpaired) electrons. The van der Waals surface area contributed by atoms with Crippen LogP contribution in [-0.4, -0.2) is 18.0 Å². The number of benzene rings is 2. The van der Waals surface area contributed by atoms with Gasteiger partial charge in [-0.05, 0) is 31.5 Å². The van der Waals surface area contributed by atoms with Crippen molar-refractivity contribution in [2.75, 3.05) is 5.32 Å². The van der Waals surface area contributed by atoms with Crippen molar-refractivity contribution in [1.29, 1.82) is 0 Å². The quantitative estimate of drug-likeness (QED) is 0.467. The molecule has 7 heteroatoms. The molecule has 0 aliphatic carbocycles. The van der Waals surface area contributed by atoms with Gasteiger partial charge in [-0.15, -0.1) is 0 Å². The molecule has 130 valence electrons. The van der Waals surface area contributed by atoms with E-state index in [1.54, 1.807) is 24.3 Å². The molecule has 2 N–H and O–H groups in total. The van der Waals surface area contributed by atoms with E-state index in [1.807, 2.05) is 26.0 Å². The van der Waals surface area contributed by atoms with Gasteiger partial charge < -0.3 is 5.32 Å². The van der Waals surface area contributed by atoms with Crippen molar-refractivity contribution >= 4 is 46.9 Å². The number of aryl methyl sites for hydroxylation is 2. The third-order valence-corrected chi connectivity index (χ3v) is 4.18. The van der Waals surface area contributed by atoms with E-state index in [2.05, 4.69) is 15.8 Å². The van der Waals surface area contributed by atoms with Crippen LogP contribution in [0, 0.1) is 13.8 Å². The first-order valence-electron chi connectivity index (χ1n) is 7.50. The Morgan fingerprint density at radius 2 is 1.88 bits per heavy atom. The molecule has 0 atom stereocenters. The molecule has 0 fully saturated rings. The Morgan fingerprint density at radius 1 is 1.12 bits per heavy atom. The van der Waals surface area contributed by atoms with Crippen LogP contribution >= 0.6 is 23.2 Å². The van der Waals surface area contributed by atoms with Crippen LogP contribution in [0.5, 0.6) is 0 Å². The predicted molar refractivity (Wildman–Crippen MR) is 101 cm³/mol. The summed E-state index contributed by atoms with van der Waals surface area (Å²) >= 11 is 11.9. The summed E-state index contributed by atoms with van der Waals surface area (Å²) in [5.41, 5.74) is 5.56. The summed E-state index contributed by atoms with van der Waals surface area (Å²) in [6.45, 7) is 3.86. The van der Waals surface area contributed by atoms with Crippen molar-refractivity contribution in [3.63, 3.8) is 0 Å². The molecule has 0 aromatic heterocycles. The lowest BCUT2D eigenvalue weighted by atomic mass is 10.1. The molecule has 2 aromatic carbocycles. The molecular weight excluding hydrogens is 361 g/mol. The van der Waals surface area contributed by atoms with Gasteiger partial charge in [-0.25, -0.2) is 5.43 Å². The molecule has 0 aliphatic rings. The minimum absolute atomic E-state index is 0.339. The van der Waals surface area contributed by atoms with Gasteiger partial charge in [-0.3, -0.25) is 9.59 Å². The third kappa shape index (κ3) is 5.59. The van der Waals surface area contributed by atoms with E-state index in [1.165, 1.54) is 6.21 Å². The summed E-state index contributed by atoms with van der Waals surface area (Å²) in [5.74, 6) is -0.947. The van der Waals surface area contributed by atoms with Crippen molar-refractivity contribution in [1.82, 2.24) is 5.43 Å². The minimum atomic E-state index is -0.531. The van der Waals surface area contributed by atoms with Crippen molar-refractivity contribution in [2.45, 2.75) is 20.3 Å². The Hall–Kier alpha value is -2.37. The number of carbonyl (C=O) groups is 2. The highest BCUT2D eigenvalue weighted by atomic mass is 35.5. The molecule has 0 heterocycles. The van der Waals surface area contributed by atoms with Crippen LogP contribution in [0.2, 0.25) is 10.0 Å². The second kappa shape index (κ2) is 8.65. The highest BCUT2D eigenvalue weighted by Crippen LogP contribution is 2.24. The molecule has 2 aromatic rings. The van der Waals surface area contributed by atoms with E-state index in [-0.39, 0.29) is 6.42 Å².